The van der Waals surface area contributed by atoms with Crippen molar-refractivity contribution in [1.29, 1.82) is 0 Å². The summed E-state index contributed by atoms with van der Waals surface area (Å²) in [5, 5.41) is 27.7. The van der Waals surface area contributed by atoms with Crippen LogP contribution in [0.2, 0.25) is 0 Å². The molecule has 0 rings (SSSR count). The lowest BCUT2D eigenvalue weighted by Gasteiger charge is -1.99. The first kappa shape index (κ1) is 9.10. The summed E-state index contributed by atoms with van der Waals surface area (Å²) in [5.74, 6) is -0.567. The monoisotopic (exact) mass is 156 g/mol. The standard InChI is InChI=1S/C2H4O8/c1-2(5-9-7-3)6-10-8-4/h3-4H,1H2. The summed E-state index contributed by atoms with van der Waals surface area (Å²) in [5.41, 5.74) is 0. The maximum atomic E-state index is 7.48. The molecule has 0 heterocycles. The van der Waals surface area contributed by atoms with Crippen molar-refractivity contribution in [3.63, 3.8) is 0 Å². The van der Waals surface area contributed by atoms with Crippen molar-refractivity contribution >= 4 is 0 Å². The fourth-order valence-corrected chi connectivity index (χ4v) is 0.120. The number of rotatable bonds is 6. The summed E-state index contributed by atoms with van der Waals surface area (Å²) in [6, 6.07) is 0. The van der Waals surface area contributed by atoms with Crippen molar-refractivity contribution in [2.75, 3.05) is 0 Å². The second-order valence-corrected chi connectivity index (χ2v) is 0.824. The molecule has 0 spiro atoms. The largest absolute Gasteiger partial charge is 0.352 e. The number of hydrogen-bond acceptors (Lipinski definition) is 8. The highest BCUT2D eigenvalue weighted by Crippen LogP contribution is 1.96. The Morgan fingerprint density at radius 1 is 1.00 bits per heavy atom. The summed E-state index contributed by atoms with van der Waals surface area (Å²) < 4.78 is 0. The van der Waals surface area contributed by atoms with Crippen LogP contribution in [-0.4, -0.2) is 10.5 Å². The van der Waals surface area contributed by atoms with Crippen molar-refractivity contribution in [3.8, 4) is 0 Å². The fraction of sp³-hybridized carbons (Fsp3) is 0. The molecule has 0 unspecified atom stereocenters. The molecule has 0 amide bonds. The molecule has 8 nitrogen and oxygen atoms in total. The van der Waals surface area contributed by atoms with Crippen molar-refractivity contribution in [3.05, 3.63) is 12.5 Å². The Balaban J connectivity index is 3.09. The van der Waals surface area contributed by atoms with E-state index in [0.717, 1.165) is 0 Å². The first-order valence-electron chi connectivity index (χ1n) is 1.79. The molecule has 0 saturated heterocycles. The lowest BCUT2D eigenvalue weighted by atomic mass is 11.1. The minimum atomic E-state index is -0.567. The normalized spacial score (nSPS) is 9.00. The van der Waals surface area contributed by atoms with E-state index in [2.05, 4.69) is 36.5 Å². The zero-order valence-corrected chi connectivity index (χ0v) is 4.55. The number of hydrogen-bond donors (Lipinski definition) is 2. The first-order valence-corrected chi connectivity index (χ1v) is 1.79. The molecule has 10 heavy (non-hydrogen) atoms. The molecule has 0 aromatic rings. The molecule has 2 N–H and O–H groups in total. The molecule has 0 aromatic carbocycles. The zero-order valence-electron chi connectivity index (χ0n) is 4.55. The Morgan fingerprint density at radius 3 is 1.70 bits per heavy atom. The van der Waals surface area contributed by atoms with Crippen molar-refractivity contribution < 1.29 is 40.4 Å². The van der Waals surface area contributed by atoms with E-state index in [1.54, 1.807) is 0 Å². The van der Waals surface area contributed by atoms with Crippen LogP contribution in [-0.2, 0) is 29.9 Å². The molecule has 0 aliphatic heterocycles. The van der Waals surface area contributed by atoms with E-state index in [1.165, 1.54) is 0 Å². The van der Waals surface area contributed by atoms with Crippen LogP contribution in [0.1, 0.15) is 0 Å². The second-order valence-electron chi connectivity index (χ2n) is 0.824. The van der Waals surface area contributed by atoms with Crippen molar-refractivity contribution in [1.82, 2.24) is 0 Å². The van der Waals surface area contributed by atoms with Crippen LogP contribution in [0.15, 0.2) is 12.5 Å². The van der Waals surface area contributed by atoms with Crippen LogP contribution >= 0.6 is 0 Å². The van der Waals surface area contributed by atoms with Gasteiger partial charge in [-0.2, -0.15) is 0 Å². The maximum Gasteiger partial charge on any atom is 0.352 e. The molecule has 0 radical (unpaired) electrons. The molecule has 60 valence electrons. The van der Waals surface area contributed by atoms with Crippen LogP contribution in [0.3, 0.4) is 0 Å². The van der Waals surface area contributed by atoms with E-state index in [9.17, 15) is 0 Å². The Kier molecular flexibility index (Phi) is 5.66. The topological polar surface area (TPSA) is 95.8 Å². The van der Waals surface area contributed by atoms with E-state index in [1.807, 2.05) is 0 Å². The van der Waals surface area contributed by atoms with Crippen LogP contribution < -0.4 is 0 Å². The van der Waals surface area contributed by atoms with Crippen molar-refractivity contribution in [2.45, 2.75) is 0 Å². The van der Waals surface area contributed by atoms with Gasteiger partial charge in [0.2, 0.25) is 0 Å². The summed E-state index contributed by atoms with van der Waals surface area (Å²) in [7, 11) is 0. The minimum Gasteiger partial charge on any atom is -0.264 e. The summed E-state index contributed by atoms with van der Waals surface area (Å²) in [4.78, 5) is 7.58. The van der Waals surface area contributed by atoms with Gasteiger partial charge in [-0.15, -0.1) is 0 Å². The molecule has 0 bridgehead atoms. The average molecular weight is 156 g/mol. The van der Waals surface area contributed by atoms with Crippen LogP contribution in [0.4, 0.5) is 0 Å². The third-order valence-electron chi connectivity index (χ3n) is 0.315. The molecule has 0 saturated carbocycles. The van der Waals surface area contributed by atoms with E-state index >= 15 is 0 Å². The fourth-order valence-electron chi connectivity index (χ4n) is 0.120. The summed E-state index contributed by atoms with van der Waals surface area (Å²) >= 11 is 0. The third kappa shape index (κ3) is 5.24. The van der Waals surface area contributed by atoms with Gasteiger partial charge in [0.15, 0.2) is 0 Å². The molecule has 8 heteroatoms. The Labute approximate surface area is 54.3 Å². The van der Waals surface area contributed by atoms with Crippen LogP contribution in [0.5, 0.6) is 0 Å². The molecule has 0 aliphatic carbocycles. The zero-order chi connectivity index (χ0) is 7.82. The van der Waals surface area contributed by atoms with Crippen molar-refractivity contribution in [2.24, 2.45) is 0 Å². The molecule has 0 atom stereocenters. The highest BCUT2D eigenvalue weighted by Gasteiger charge is 1.97. The van der Waals surface area contributed by atoms with Gasteiger partial charge in [-0.25, -0.2) is 10.5 Å². The maximum absolute atomic E-state index is 7.48. The van der Waals surface area contributed by atoms with Gasteiger partial charge in [0, 0.05) is 10.1 Å². The molecule has 0 aromatic heterocycles. The van der Waals surface area contributed by atoms with Gasteiger partial charge < -0.3 is 0 Å². The minimum absolute atomic E-state index is 0.567. The van der Waals surface area contributed by atoms with E-state index in [-0.39, 0.29) is 0 Å². The Bertz CT molecular complexity index is 79.3. The van der Waals surface area contributed by atoms with E-state index in [4.69, 9.17) is 10.5 Å². The SMILES string of the molecule is C=C(OOOO)OOOO. The van der Waals surface area contributed by atoms with Gasteiger partial charge in [-0.3, -0.25) is 9.78 Å². The molecular weight excluding hydrogens is 152 g/mol. The predicted octanol–water partition coefficient (Wildman–Crippen LogP) is 0.163. The van der Waals surface area contributed by atoms with Gasteiger partial charge in [-0.1, -0.05) is 0 Å². The Morgan fingerprint density at radius 2 is 1.40 bits per heavy atom. The van der Waals surface area contributed by atoms with Gasteiger partial charge >= 0.3 is 5.95 Å². The first-order chi connectivity index (χ1) is 4.81. The lowest BCUT2D eigenvalue weighted by Crippen LogP contribution is -1.98. The van der Waals surface area contributed by atoms with E-state index in [0.29, 0.717) is 0 Å². The second kappa shape index (κ2) is 6.22. The lowest BCUT2D eigenvalue weighted by molar-refractivity contribution is -0.655. The van der Waals surface area contributed by atoms with Gasteiger partial charge in [0.25, 0.3) is 0 Å². The van der Waals surface area contributed by atoms with Gasteiger partial charge in [0.1, 0.15) is 0 Å². The van der Waals surface area contributed by atoms with Crippen LogP contribution in [0.25, 0.3) is 0 Å². The van der Waals surface area contributed by atoms with E-state index < -0.39 is 5.95 Å². The van der Waals surface area contributed by atoms with Crippen LogP contribution in [0, 0.1) is 0 Å². The van der Waals surface area contributed by atoms with Gasteiger partial charge in [-0.05, 0) is 16.7 Å². The quantitative estimate of drug-likeness (QED) is 0.319. The average Bonchev–Trinajstić information content (AvgIpc) is 1.97. The molecule has 0 aliphatic rings. The smallest absolute Gasteiger partial charge is 0.264 e. The molecule has 0 fully saturated rings. The predicted molar refractivity (Wildman–Crippen MR) is 20.9 cm³/mol. The Hall–Kier alpha value is -0.900. The van der Waals surface area contributed by atoms with Gasteiger partial charge in [0.05, 0.1) is 0 Å². The summed E-state index contributed by atoms with van der Waals surface area (Å²) in [6.07, 6.45) is 0. The summed E-state index contributed by atoms with van der Waals surface area (Å²) in [6.45, 7) is 2.95. The third-order valence-corrected chi connectivity index (χ3v) is 0.315. The highest BCUT2D eigenvalue weighted by atomic mass is 17.7. The highest BCUT2D eigenvalue weighted by molar-refractivity contribution is 4.60. The molecular formula is C2H4O8.